The maximum Gasteiger partial charge on any atom is 0.0409 e. The molecule has 16 heavy (non-hydrogen) atoms. The van der Waals surface area contributed by atoms with Gasteiger partial charge in [-0.15, -0.1) is 0 Å². The first-order chi connectivity index (χ1) is 7.48. The van der Waals surface area contributed by atoms with Crippen LogP contribution in [0.3, 0.4) is 0 Å². The van der Waals surface area contributed by atoms with Crippen molar-refractivity contribution in [3.63, 3.8) is 0 Å². The number of hydrogen-bond donors (Lipinski definition) is 0. The fourth-order valence-corrected chi connectivity index (χ4v) is 2.27. The summed E-state index contributed by atoms with van der Waals surface area (Å²) in [6, 6.07) is 8.73. The normalized spacial score (nSPS) is 18.1. The SMILES string of the molecule is CN1CCN(C(C)(C)C)Cc2ccccc21. The van der Waals surface area contributed by atoms with Gasteiger partial charge >= 0.3 is 0 Å². The summed E-state index contributed by atoms with van der Waals surface area (Å²) in [4.78, 5) is 4.91. The molecule has 0 aliphatic carbocycles. The molecule has 0 amide bonds. The van der Waals surface area contributed by atoms with Gasteiger partial charge in [0.15, 0.2) is 0 Å². The molecule has 1 heterocycles. The Morgan fingerprint density at radius 3 is 2.44 bits per heavy atom. The first kappa shape index (κ1) is 11.5. The molecule has 0 saturated carbocycles. The van der Waals surface area contributed by atoms with Gasteiger partial charge in [-0.3, -0.25) is 4.90 Å². The molecular weight excluding hydrogens is 196 g/mol. The average molecular weight is 218 g/mol. The summed E-state index contributed by atoms with van der Waals surface area (Å²) in [6.45, 7) is 10.2. The zero-order valence-corrected chi connectivity index (χ0v) is 10.8. The predicted molar refractivity (Wildman–Crippen MR) is 69.9 cm³/mol. The van der Waals surface area contributed by atoms with Gasteiger partial charge in [0, 0.05) is 37.9 Å². The van der Waals surface area contributed by atoms with Crippen LogP contribution < -0.4 is 4.90 Å². The fraction of sp³-hybridized carbons (Fsp3) is 0.571. The molecule has 2 nitrogen and oxygen atoms in total. The summed E-state index contributed by atoms with van der Waals surface area (Å²) in [5, 5.41) is 0. The monoisotopic (exact) mass is 218 g/mol. The zero-order valence-electron chi connectivity index (χ0n) is 10.8. The van der Waals surface area contributed by atoms with Crippen molar-refractivity contribution in [3.8, 4) is 0 Å². The van der Waals surface area contributed by atoms with Crippen LogP contribution in [0.4, 0.5) is 5.69 Å². The van der Waals surface area contributed by atoms with E-state index in [1.165, 1.54) is 11.3 Å². The topological polar surface area (TPSA) is 6.48 Å². The third-order valence-corrected chi connectivity index (χ3v) is 3.42. The summed E-state index contributed by atoms with van der Waals surface area (Å²) in [5.41, 5.74) is 3.07. The molecule has 0 atom stereocenters. The molecule has 0 spiro atoms. The van der Waals surface area contributed by atoms with Gasteiger partial charge < -0.3 is 4.90 Å². The van der Waals surface area contributed by atoms with Gasteiger partial charge in [0.25, 0.3) is 0 Å². The Hall–Kier alpha value is -1.02. The summed E-state index contributed by atoms with van der Waals surface area (Å²) in [5.74, 6) is 0. The molecule has 0 N–H and O–H groups in total. The predicted octanol–water partition coefficient (Wildman–Crippen LogP) is 2.74. The summed E-state index contributed by atoms with van der Waals surface area (Å²) < 4.78 is 0. The first-order valence-electron chi connectivity index (χ1n) is 6.02. The molecule has 1 aromatic rings. The molecule has 0 unspecified atom stereocenters. The quantitative estimate of drug-likeness (QED) is 0.660. The molecule has 1 aliphatic heterocycles. The summed E-state index contributed by atoms with van der Waals surface area (Å²) >= 11 is 0. The Morgan fingerprint density at radius 2 is 1.75 bits per heavy atom. The highest BCUT2D eigenvalue weighted by atomic mass is 15.2. The Balaban J connectivity index is 2.32. The number of anilines is 1. The standard InChI is InChI=1S/C14H22N2/c1-14(2,3)16-10-9-15(4)13-8-6-5-7-12(13)11-16/h5-8H,9-11H2,1-4H3. The number of fused-ring (bicyclic) bond motifs is 1. The average Bonchev–Trinajstić information content (AvgIpc) is 2.38. The fourth-order valence-electron chi connectivity index (χ4n) is 2.27. The van der Waals surface area contributed by atoms with Crippen molar-refractivity contribution >= 4 is 5.69 Å². The number of benzene rings is 1. The molecule has 1 aliphatic rings. The van der Waals surface area contributed by atoms with Crippen LogP contribution in [0.25, 0.3) is 0 Å². The van der Waals surface area contributed by atoms with E-state index in [1.54, 1.807) is 0 Å². The third kappa shape index (κ3) is 2.22. The van der Waals surface area contributed by atoms with Gasteiger partial charge in [0.05, 0.1) is 0 Å². The molecule has 0 fully saturated rings. The summed E-state index contributed by atoms with van der Waals surface area (Å²) in [7, 11) is 2.19. The summed E-state index contributed by atoms with van der Waals surface area (Å²) in [6.07, 6.45) is 0. The molecular formula is C14H22N2. The number of para-hydroxylation sites is 1. The molecule has 2 heteroatoms. The first-order valence-corrected chi connectivity index (χ1v) is 6.02. The van der Waals surface area contributed by atoms with Crippen molar-refractivity contribution in [2.24, 2.45) is 0 Å². The second-order valence-electron chi connectivity index (χ2n) is 5.64. The van der Waals surface area contributed by atoms with Crippen molar-refractivity contribution in [2.75, 3.05) is 25.0 Å². The van der Waals surface area contributed by atoms with Crippen LogP contribution in [0.15, 0.2) is 24.3 Å². The van der Waals surface area contributed by atoms with E-state index in [9.17, 15) is 0 Å². The van der Waals surface area contributed by atoms with Gasteiger partial charge in [-0.2, -0.15) is 0 Å². The van der Waals surface area contributed by atoms with E-state index in [4.69, 9.17) is 0 Å². The van der Waals surface area contributed by atoms with Crippen molar-refractivity contribution in [2.45, 2.75) is 32.9 Å². The molecule has 1 aromatic carbocycles. The third-order valence-electron chi connectivity index (χ3n) is 3.42. The lowest BCUT2D eigenvalue weighted by Gasteiger charge is -2.34. The van der Waals surface area contributed by atoms with E-state index in [-0.39, 0.29) is 5.54 Å². The van der Waals surface area contributed by atoms with Crippen molar-refractivity contribution in [1.29, 1.82) is 0 Å². The highest BCUT2D eigenvalue weighted by Crippen LogP contribution is 2.27. The maximum absolute atomic E-state index is 2.55. The zero-order chi connectivity index (χ0) is 11.8. The number of likely N-dealkylation sites (N-methyl/N-ethyl adjacent to an activating group) is 1. The van der Waals surface area contributed by atoms with E-state index in [2.05, 4.69) is 61.9 Å². The van der Waals surface area contributed by atoms with Crippen molar-refractivity contribution < 1.29 is 0 Å². The number of rotatable bonds is 0. The smallest absolute Gasteiger partial charge is 0.0409 e. The minimum atomic E-state index is 0.248. The number of hydrogen-bond acceptors (Lipinski definition) is 2. The highest BCUT2D eigenvalue weighted by Gasteiger charge is 2.25. The van der Waals surface area contributed by atoms with E-state index in [0.29, 0.717) is 0 Å². The Kier molecular flexibility index (Phi) is 2.94. The lowest BCUT2D eigenvalue weighted by Crippen LogP contribution is -2.42. The second kappa shape index (κ2) is 4.10. The maximum atomic E-state index is 2.55. The van der Waals surface area contributed by atoms with Crippen LogP contribution >= 0.6 is 0 Å². The lowest BCUT2D eigenvalue weighted by atomic mass is 10.0. The van der Waals surface area contributed by atoms with Crippen molar-refractivity contribution in [3.05, 3.63) is 29.8 Å². The van der Waals surface area contributed by atoms with Gasteiger partial charge in [0.2, 0.25) is 0 Å². The van der Waals surface area contributed by atoms with Gasteiger partial charge in [-0.05, 0) is 32.4 Å². The molecule has 0 radical (unpaired) electrons. The molecule has 2 rings (SSSR count). The van der Waals surface area contributed by atoms with Crippen LogP contribution in [-0.2, 0) is 6.54 Å². The van der Waals surface area contributed by atoms with Crippen LogP contribution in [0.5, 0.6) is 0 Å². The Morgan fingerprint density at radius 1 is 1.06 bits per heavy atom. The van der Waals surface area contributed by atoms with Gasteiger partial charge in [-0.1, -0.05) is 18.2 Å². The molecule has 0 aromatic heterocycles. The van der Waals surface area contributed by atoms with Crippen LogP contribution in [0.1, 0.15) is 26.3 Å². The van der Waals surface area contributed by atoms with Gasteiger partial charge in [0.1, 0.15) is 0 Å². The Labute approximate surface area is 98.9 Å². The van der Waals surface area contributed by atoms with E-state index < -0.39 is 0 Å². The minimum Gasteiger partial charge on any atom is -0.373 e. The lowest BCUT2D eigenvalue weighted by molar-refractivity contribution is 0.135. The number of nitrogens with zero attached hydrogens (tertiary/aromatic N) is 2. The van der Waals surface area contributed by atoms with E-state index in [0.717, 1.165) is 19.6 Å². The van der Waals surface area contributed by atoms with Crippen LogP contribution in [0, 0.1) is 0 Å². The highest BCUT2D eigenvalue weighted by molar-refractivity contribution is 5.53. The molecule has 0 bridgehead atoms. The van der Waals surface area contributed by atoms with Gasteiger partial charge in [-0.25, -0.2) is 0 Å². The second-order valence-corrected chi connectivity index (χ2v) is 5.64. The van der Waals surface area contributed by atoms with Crippen LogP contribution in [-0.4, -0.2) is 30.6 Å². The van der Waals surface area contributed by atoms with E-state index >= 15 is 0 Å². The molecule has 88 valence electrons. The van der Waals surface area contributed by atoms with Crippen LogP contribution in [0.2, 0.25) is 0 Å². The minimum absolute atomic E-state index is 0.248. The van der Waals surface area contributed by atoms with Crippen molar-refractivity contribution in [1.82, 2.24) is 4.90 Å². The Bertz CT molecular complexity index is 365. The molecule has 0 saturated heterocycles. The van der Waals surface area contributed by atoms with E-state index in [1.807, 2.05) is 0 Å². The largest absolute Gasteiger partial charge is 0.373 e.